The molecule has 0 radical (unpaired) electrons. The molecule has 1 amide bonds. The van der Waals surface area contributed by atoms with Crippen molar-refractivity contribution in [2.75, 3.05) is 49.8 Å². The molecular formula is C29H33F3N8O2. The molecule has 0 unspecified atom stereocenters. The number of pyridine rings is 1. The third-order valence-corrected chi connectivity index (χ3v) is 6.28. The standard InChI is InChI=1S/C29H33F3N8O2/c1-8-25(41)34-22-13-23(28(42-16(2)3)37-27(22)39(6)10-9-38(4)5)35-29-33-14-21(32)26(36-29)18-15-40(7)24-12-20(31)19(30)11-17(18)24/h8,11-16H,1,9-10H2,2-7H3,(H,34,41)(H,33,35,36). The fraction of sp³-hybridized carbons (Fsp3) is 0.310. The van der Waals surface area contributed by atoms with Crippen LogP contribution in [0.4, 0.5) is 36.3 Å². The Morgan fingerprint density at radius 3 is 2.45 bits per heavy atom. The first kappa shape index (κ1) is 30.3. The highest BCUT2D eigenvalue weighted by Crippen LogP contribution is 2.36. The minimum Gasteiger partial charge on any atom is -0.473 e. The lowest BCUT2D eigenvalue weighted by atomic mass is 10.1. The van der Waals surface area contributed by atoms with Crippen molar-refractivity contribution < 1.29 is 22.7 Å². The number of rotatable bonds is 11. The Bertz CT molecular complexity index is 1640. The van der Waals surface area contributed by atoms with Gasteiger partial charge in [-0.05, 0) is 46.2 Å². The molecule has 0 aliphatic carbocycles. The molecule has 10 nitrogen and oxygen atoms in total. The van der Waals surface area contributed by atoms with Gasteiger partial charge in [-0.25, -0.2) is 23.1 Å². The highest BCUT2D eigenvalue weighted by atomic mass is 19.2. The third kappa shape index (κ3) is 6.62. The van der Waals surface area contributed by atoms with Crippen LogP contribution in [0, 0.1) is 17.5 Å². The normalized spacial score (nSPS) is 11.3. The number of carbonyl (C=O) groups excluding carboxylic acids is 1. The lowest BCUT2D eigenvalue weighted by molar-refractivity contribution is -0.111. The summed E-state index contributed by atoms with van der Waals surface area (Å²) < 4.78 is 50.6. The Balaban J connectivity index is 1.80. The lowest BCUT2D eigenvalue weighted by Crippen LogP contribution is -2.30. The maximum atomic E-state index is 15.0. The molecule has 0 saturated carbocycles. The number of nitrogens with one attached hydrogen (secondary N) is 2. The number of ether oxygens (including phenoxy) is 1. The first-order chi connectivity index (χ1) is 19.9. The molecule has 0 bridgehead atoms. The van der Waals surface area contributed by atoms with Gasteiger partial charge in [0.15, 0.2) is 23.3 Å². The number of nitrogens with zero attached hydrogens (tertiary/aromatic N) is 6. The van der Waals surface area contributed by atoms with E-state index in [4.69, 9.17) is 9.72 Å². The summed E-state index contributed by atoms with van der Waals surface area (Å²) in [7, 11) is 7.38. The number of hydrogen-bond donors (Lipinski definition) is 2. The number of hydrogen-bond acceptors (Lipinski definition) is 8. The monoisotopic (exact) mass is 582 g/mol. The lowest BCUT2D eigenvalue weighted by Gasteiger charge is -2.25. The first-order valence-electron chi connectivity index (χ1n) is 13.1. The summed E-state index contributed by atoms with van der Waals surface area (Å²) in [5, 5.41) is 6.07. The number of aromatic nitrogens is 4. The van der Waals surface area contributed by atoms with Gasteiger partial charge in [-0.15, -0.1) is 0 Å². The molecule has 0 atom stereocenters. The Hall–Kier alpha value is -4.65. The van der Waals surface area contributed by atoms with Gasteiger partial charge in [0, 0.05) is 50.4 Å². The van der Waals surface area contributed by atoms with E-state index in [1.54, 1.807) is 17.7 Å². The summed E-state index contributed by atoms with van der Waals surface area (Å²) in [4.78, 5) is 29.3. The van der Waals surface area contributed by atoms with E-state index in [-0.39, 0.29) is 34.6 Å². The number of fused-ring (bicyclic) bond motifs is 1. The molecular weight excluding hydrogens is 549 g/mol. The zero-order valence-corrected chi connectivity index (χ0v) is 24.3. The Labute approximate surface area is 241 Å². The van der Waals surface area contributed by atoms with E-state index < -0.39 is 23.4 Å². The van der Waals surface area contributed by atoms with Crippen LogP contribution in [0.25, 0.3) is 22.2 Å². The fourth-order valence-corrected chi connectivity index (χ4v) is 4.21. The smallest absolute Gasteiger partial charge is 0.247 e. The van der Waals surface area contributed by atoms with Crippen LogP contribution < -0.4 is 20.3 Å². The Morgan fingerprint density at radius 2 is 1.79 bits per heavy atom. The number of amides is 1. The van der Waals surface area contributed by atoms with E-state index in [0.717, 1.165) is 31.0 Å². The highest BCUT2D eigenvalue weighted by Gasteiger charge is 2.21. The quantitative estimate of drug-likeness (QED) is 0.236. The second-order valence-corrected chi connectivity index (χ2v) is 10.2. The van der Waals surface area contributed by atoms with Crippen molar-refractivity contribution in [2.45, 2.75) is 20.0 Å². The molecule has 4 rings (SSSR count). The van der Waals surface area contributed by atoms with Crippen molar-refractivity contribution in [1.82, 2.24) is 24.4 Å². The van der Waals surface area contributed by atoms with Crippen molar-refractivity contribution in [3.8, 4) is 17.1 Å². The number of anilines is 4. The van der Waals surface area contributed by atoms with Gasteiger partial charge in [-0.2, -0.15) is 4.98 Å². The van der Waals surface area contributed by atoms with Gasteiger partial charge < -0.3 is 29.7 Å². The number of carbonyl (C=O) groups is 1. The summed E-state index contributed by atoms with van der Waals surface area (Å²) in [5.41, 5.74) is 1.17. The van der Waals surface area contributed by atoms with Crippen LogP contribution >= 0.6 is 0 Å². The zero-order valence-electron chi connectivity index (χ0n) is 24.3. The van der Waals surface area contributed by atoms with Gasteiger partial charge >= 0.3 is 0 Å². The predicted octanol–water partition coefficient (Wildman–Crippen LogP) is 5.10. The second-order valence-electron chi connectivity index (χ2n) is 10.2. The molecule has 1 aromatic carbocycles. The molecule has 13 heteroatoms. The summed E-state index contributed by atoms with van der Waals surface area (Å²) in [6.07, 6.45) is 3.39. The maximum Gasteiger partial charge on any atom is 0.247 e. The fourth-order valence-electron chi connectivity index (χ4n) is 4.21. The minimum atomic E-state index is -1.06. The van der Waals surface area contributed by atoms with Crippen molar-refractivity contribution in [3.05, 3.63) is 60.7 Å². The largest absolute Gasteiger partial charge is 0.473 e. The Morgan fingerprint density at radius 1 is 1.07 bits per heavy atom. The van der Waals surface area contributed by atoms with Gasteiger partial charge in [-0.3, -0.25) is 4.79 Å². The van der Waals surface area contributed by atoms with Crippen molar-refractivity contribution in [3.63, 3.8) is 0 Å². The second kappa shape index (κ2) is 12.5. The predicted molar refractivity (Wildman–Crippen MR) is 158 cm³/mol. The molecule has 0 spiro atoms. The summed E-state index contributed by atoms with van der Waals surface area (Å²) in [6.45, 7) is 8.53. The van der Waals surface area contributed by atoms with Crippen LogP contribution in [0.5, 0.6) is 5.88 Å². The first-order valence-corrected chi connectivity index (χ1v) is 13.1. The van der Waals surface area contributed by atoms with Gasteiger partial charge in [0.1, 0.15) is 11.4 Å². The van der Waals surface area contributed by atoms with E-state index in [2.05, 4.69) is 27.2 Å². The van der Waals surface area contributed by atoms with Gasteiger partial charge in [0.25, 0.3) is 0 Å². The van der Waals surface area contributed by atoms with Crippen LogP contribution in [-0.2, 0) is 11.8 Å². The van der Waals surface area contributed by atoms with Crippen LogP contribution in [0.2, 0.25) is 0 Å². The molecule has 4 aromatic rings. The number of halogens is 3. The van der Waals surface area contributed by atoms with Gasteiger partial charge in [-0.1, -0.05) is 6.58 Å². The van der Waals surface area contributed by atoms with Crippen LogP contribution in [0.15, 0.2) is 43.2 Å². The summed E-state index contributed by atoms with van der Waals surface area (Å²) in [5.74, 6) is -2.63. The number of benzene rings is 1. The maximum absolute atomic E-state index is 15.0. The third-order valence-electron chi connectivity index (χ3n) is 6.28. The molecule has 3 aromatic heterocycles. The van der Waals surface area contributed by atoms with E-state index in [1.165, 1.54) is 6.20 Å². The molecule has 0 fully saturated rings. The molecule has 0 saturated heterocycles. The number of aryl methyl sites for hydroxylation is 1. The highest BCUT2D eigenvalue weighted by molar-refractivity contribution is 6.01. The van der Waals surface area contributed by atoms with Crippen LogP contribution in [0.3, 0.4) is 0 Å². The average Bonchev–Trinajstić information content (AvgIpc) is 3.24. The zero-order chi connectivity index (χ0) is 30.7. The number of likely N-dealkylation sites (N-methyl/N-ethyl adjacent to an activating group) is 2. The van der Waals surface area contributed by atoms with Gasteiger partial charge in [0.05, 0.1) is 23.5 Å². The molecule has 2 N–H and O–H groups in total. The van der Waals surface area contributed by atoms with Crippen molar-refractivity contribution >= 4 is 40.0 Å². The molecule has 42 heavy (non-hydrogen) atoms. The molecule has 222 valence electrons. The summed E-state index contributed by atoms with van der Waals surface area (Å²) >= 11 is 0. The van der Waals surface area contributed by atoms with E-state index in [1.807, 2.05) is 44.8 Å². The molecule has 0 aliphatic heterocycles. The van der Waals surface area contributed by atoms with E-state index >= 15 is 4.39 Å². The van der Waals surface area contributed by atoms with Crippen LogP contribution in [-0.4, -0.2) is 70.7 Å². The van der Waals surface area contributed by atoms with Crippen LogP contribution in [0.1, 0.15) is 13.8 Å². The van der Waals surface area contributed by atoms with Crippen molar-refractivity contribution in [2.24, 2.45) is 7.05 Å². The Kier molecular flexibility index (Phi) is 9.00. The van der Waals surface area contributed by atoms with Crippen molar-refractivity contribution in [1.29, 1.82) is 0 Å². The minimum absolute atomic E-state index is 0.0175. The van der Waals surface area contributed by atoms with E-state index in [9.17, 15) is 13.6 Å². The summed E-state index contributed by atoms with van der Waals surface area (Å²) in [6, 6.07) is 3.67. The van der Waals surface area contributed by atoms with Gasteiger partial charge in [0.2, 0.25) is 17.7 Å². The SMILES string of the molecule is C=CC(=O)Nc1cc(Nc2ncc(F)c(-c3cn(C)c4cc(F)c(F)cc34)n2)c(OC(C)C)nc1N(C)CCN(C)C. The van der Waals surface area contributed by atoms with E-state index in [0.29, 0.717) is 29.3 Å². The molecule has 0 aliphatic rings. The topological polar surface area (TPSA) is 100 Å². The average molecular weight is 583 g/mol. The molecule has 3 heterocycles.